The van der Waals surface area contributed by atoms with Crippen molar-refractivity contribution < 1.29 is 32.0 Å². The van der Waals surface area contributed by atoms with Crippen molar-refractivity contribution in [3.05, 3.63) is 63.7 Å². The van der Waals surface area contributed by atoms with Gasteiger partial charge in [0.1, 0.15) is 15.6 Å². The first-order valence-corrected chi connectivity index (χ1v) is 15.5. The van der Waals surface area contributed by atoms with Gasteiger partial charge in [0.15, 0.2) is 5.78 Å². The standard InChI is InChI=1S/C24H28N3O8PS/c1-17(35-36(31,25-9-10-25)26-11-12-26)19-5-6-22(27(29)30)23(16-19)34-21-4-2-3-20(15-21)24(28)18-7-13-37(32,33)14-8-18/h2-6,15-18H,7-14H2,1H3. The van der Waals surface area contributed by atoms with Crippen molar-refractivity contribution in [2.75, 3.05) is 37.7 Å². The van der Waals surface area contributed by atoms with Crippen molar-refractivity contribution in [3.8, 4) is 11.5 Å². The fourth-order valence-corrected chi connectivity index (χ4v) is 8.26. The Morgan fingerprint density at radius 1 is 1.08 bits per heavy atom. The van der Waals surface area contributed by atoms with Gasteiger partial charge in [-0.25, -0.2) is 17.8 Å². The molecule has 3 aliphatic rings. The molecular formula is C24H28N3O8PS. The van der Waals surface area contributed by atoms with E-state index < -0.39 is 34.5 Å². The normalized spacial score (nSPS) is 20.8. The van der Waals surface area contributed by atoms with Gasteiger partial charge in [-0.3, -0.25) is 24.0 Å². The van der Waals surface area contributed by atoms with Gasteiger partial charge in [-0.2, -0.15) is 0 Å². The summed E-state index contributed by atoms with van der Waals surface area (Å²) in [5.74, 6) is -0.384. The Hall–Kier alpha value is -2.63. The molecule has 0 bridgehead atoms. The van der Waals surface area contributed by atoms with Crippen LogP contribution < -0.4 is 4.74 Å². The molecule has 2 aromatic rings. The Bertz CT molecular complexity index is 1360. The fourth-order valence-electron chi connectivity index (χ4n) is 4.42. The molecule has 198 valence electrons. The molecule has 0 aromatic heterocycles. The number of ketones is 1. The van der Waals surface area contributed by atoms with Gasteiger partial charge in [-0.15, -0.1) is 0 Å². The molecule has 37 heavy (non-hydrogen) atoms. The molecule has 13 heteroatoms. The van der Waals surface area contributed by atoms with E-state index in [2.05, 4.69) is 0 Å². The molecule has 0 saturated carbocycles. The second kappa shape index (κ2) is 9.92. The van der Waals surface area contributed by atoms with Gasteiger partial charge in [0.2, 0.25) is 5.75 Å². The van der Waals surface area contributed by atoms with Gasteiger partial charge >= 0.3 is 13.4 Å². The lowest BCUT2D eigenvalue weighted by Crippen LogP contribution is -2.28. The number of hydrogen-bond donors (Lipinski definition) is 0. The van der Waals surface area contributed by atoms with Crippen molar-refractivity contribution in [3.63, 3.8) is 0 Å². The lowest BCUT2D eigenvalue weighted by molar-refractivity contribution is -0.385. The van der Waals surface area contributed by atoms with Gasteiger partial charge in [-0.1, -0.05) is 12.1 Å². The first-order chi connectivity index (χ1) is 17.6. The van der Waals surface area contributed by atoms with Crippen LogP contribution in [0.15, 0.2) is 42.5 Å². The number of carbonyl (C=O) groups is 1. The maximum Gasteiger partial charge on any atom is 0.346 e. The molecule has 0 spiro atoms. The number of rotatable bonds is 10. The molecule has 1 unspecified atom stereocenters. The average molecular weight is 550 g/mol. The largest absolute Gasteiger partial charge is 0.450 e. The molecule has 3 fully saturated rings. The quantitative estimate of drug-likeness (QED) is 0.139. The number of carbonyl (C=O) groups excluding carboxylic acids is 1. The number of nitro groups is 1. The van der Waals surface area contributed by atoms with Crippen LogP contribution in [-0.2, 0) is 18.9 Å². The highest BCUT2D eigenvalue weighted by atomic mass is 32.2. The highest BCUT2D eigenvalue weighted by Gasteiger charge is 2.50. The summed E-state index contributed by atoms with van der Waals surface area (Å²) >= 11 is 0. The predicted octanol–water partition coefficient (Wildman–Crippen LogP) is 4.21. The van der Waals surface area contributed by atoms with Gasteiger partial charge in [0.05, 0.1) is 22.5 Å². The highest BCUT2D eigenvalue weighted by molar-refractivity contribution is 7.91. The zero-order valence-electron chi connectivity index (χ0n) is 20.3. The molecule has 0 amide bonds. The zero-order valence-corrected chi connectivity index (χ0v) is 22.0. The average Bonchev–Trinajstić information content (AvgIpc) is 3.76. The first kappa shape index (κ1) is 26.0. The second-order valence-corrected chi connectivity index (χ2v) is 14.2. The van der Waals surface area contributed by atoms with E-state index in [1.165, 1.54) is 18.2 Å². The second-order valence-electron chi connectivity index (χ2n) is 9.55. The van der Waals surface area contributed by atoms with E-state index >= 15 is 0 Å². The number of nitro benzene ring substituents is 1. The fraction of sp³-hybridized carbons (Fsp3) is 0.458. The summed E-state index contributed by atoms with van der Waals surface area (Å²) in [6.07, 6.45) is -0.0575. The molecule has 3 heterocycles. The van der Waals surface area contributed by atoms with Crippen LogP contribution in [0.2, 0.25) is 0 Å². The van der Waals surface area contributed by atoms with E-state index in [4.69, 9.17) is 9.26 Å². The third-order valence-corrected chi connectivity index (χ3v) is 11.3. The maximum absolute atomic E-state index is 13.4. The van der Waals surface area contributed by atoms with Crippen LogP contribution in [0.25, 0.3) is 0 Å². The summed E-state index contributed by atoms with van der Waals surface area (Å²) in [6.45, 7) is 4.58. The minimum Gasteiger partial charge on any atom is -0.450 e. The molecule has 1 atom stereocenters. The number of benzene rings is 2. The van der Waals surface area contributed by atoms with Crippen molar-refractivity contribution in [1.29, 1.82) is 0 Å². The Labute approximate surface area is 215 Å². The summed E-state index contributed by atoms with van der Waals surface area (Å²) in [4.78, 5) is 24.1. The van der Waals surface area contributed by atoms with Crippen molar-refractivity contribution in [2.24, 2.45) is 5.92 Å². The molecular weight excluding hydrogens is 521 g/mol. The zero-order chi connectivity index (χ0) is 26.4. The van der Waals surface area contributed by atoms with Crippen LogP contribution in [-0.4, -0.2) is 66.1 Å². The molecule has 3 aliphatic heterocycles. The third kappa shape index (κ3) is 5.78. The summed E-state index contributed by atoms with van der Waals surface area (Å²) in [6, 6.07) is 10.7. The smallest absolute Gasteiger partial charge is 0.346 e. The van der Waals surface area contributed by atoms with Crippen molar-refractivity contribution in [1.82, 2.24) is 9.34 Å². The molecule has 3 saturated heterocycles. The van der Waals surface area contributed by atoms with Crippen molar-refractivity contribution >= 4 is 29.0 Å². The van der Waals surface area contributed by atoms with E-state index in [1.54, 1.807) is 40.5 Å². The Morgan fingerprint density at radius 3 is 2.32 bits per heavy atom. The summed E-state index contributed by atoms with van der Waals surface area (Å²) in [5.41, 5.74) is 0.667. The van der Waals surface area contributed by atoms with Gasteiger partial charge in [-0.05, 0) is 49.6 Å². The molecule has 2 aromatic carbocycles. The van der Waals surface area contributed by atoms with Crippen LogP contribution in [0.1, 0.15) is 41.8 Å². The summed E-state index contributed by atoms with van der Waals surface area (Å²) in [5, 5.41) is 11.7. The Balaban J connectivity index is 1.36. The van der Waals surface area contributed by atoms with Crippen LogP contribution in [0.5, 0.6) is 11.5 Å². The molecule has 0 radical (unpaired) electrons. The number of sulfone groups is 1. The lowest BCUT2D eigenvalue weighted by atomic mass is 9.92. The third-order valence-electron chi connectivity index (χ3n) is 6.78. The monoisotopic (exact) mass is 549 g/mol. The highest BCUT2D eigenvalue weighted by Crippen LogP contribution is 2.63. The van der Waals surface area contributed by atoms with Gasteiger partial charge in [0, 0.05) is 43.7 Å². The van der Waals surface area contributed by atoms with Crippen LogP contribution in [0.4, 0.5) is 5.69 Å². The molecule has 0 N–H and O–H groups in total. The van der Waals surface area contributed by atoms with Crippen LogP contribution in [0, 0.1) is 16.0 Å². The molecule has 11 nitrogen and oxygen atoms in total. The van der Waals surface area contributed by atoms with Crippen LogP contribution in [0.3, 0.4) is 0 Å². The number of hydrogen-bond acceptors (Lipinski definition) is 8. The van der Waals surface area contributed by atoms with Crippen molar-refractivity contribution in [2.45, 2.75) is 25.9 Å². The lowest BCUT2D eigenvalue weighted by Gasteiger charge is -2.24. The Morgan fingerprint density at radius 2 is 1.73 bits per heavy atom. The SMILES string of the molecule is CC(OP(=O)(N1CC1)N1CC1)c1ccc([N+](=O)[O-])c(Oc2cccc(C(=O)C3CCS(=O)(=O)CC3)c2)c1. The first-order valence-electron chi connectivity index (χ1n) is 12.2. The van der Waals surface area contributed by atoms with Gasteiger partial charge in [0.25, 0.3) is 0 Å². The minimum absolute atomic E-state index is 0.0126. The van der Waals surface area contributed by atoms with E-state index in [1.807, 2.05) is 0 Å². The summed E-state index contributed by atoms with van der Waals surface area (Å²) < 4.78 is 52.3. The number of Topliss-reactive ketones (excluding diaryl/α,β-unsaturated/α-hetero) is 1. The maximum atomic E-state index is 13.4. The Kier molecular flexibility index (Phi) is 6.97. The molecule has 5 rings (SSSR count). The van der Waals surface area contributed by atoms with E-state index in [9.17, 15) is 27.9 Å². The minimum atomic E-state index is -3.10. The topological polar surface area (TPSA) is 136 Å². The predicted molar refractivity (Wildman–Crippen MR) is 136 cm³/mol. The number of nitrogens with zero attached hydrogens (tertiary/aromatic N) is 3. The van der Waals surface area contributed by atoms with Crippen LogP contribution >= 0.6 is 7.67 Å². The number of ether oxygens (including phenoxy) is 1. The summed E-state index contributed by atoms with van der Waals surface area (Å²) in [7, 11) is -6.19. The molecule has 0 aliphatic carbocycles. The van der Waals surface area contributed by atoms with E-state index in [0.717, 1.165) is 0 Å². The van der Waals surface area contributed by atoms with Gasteiger partial charge < -0.3 is 4.74 Å². The van der Waals surface area contributed by atoms with E-state index in [0.29, 0.717) is 37.3 Å². The van der Waals surface area contributed by atoms with E-state index in [-0.39, 0.29) is 47.3 Å².